The first kappa shape index (κ1) is 21.9. The van der Waals surface area contributed by atoms with Gasteiger partial charge in [-0.2, -0.15) is 0 Å². The predicted octanol–water partition coefficient (Wildman–Crippen LogP) is 5.52. The number of carbonyl (C=O) groups is 3. The number of nitrogens with zero attached hydrogens (tertiary/aromatic N) is 1. The van der Waals surface area contributed by atoms with Crippen LogP contribution in [0.5, 0.6) is 11.5 Å². The molecule has 162 valence electrons. The van der Waals surface area contributed by atoms with Crippen molar-refractivity contribution in [3.8, 4) is 11.5 Å². The lowest BCUT2D eigenvalue weighted by Crippen LogP contribution is -2.27. The van der Waals surface area contributed by atoms with Gasteiger partial charge in [0.15, 0.2) is 11.5 Å². The van der Waals surface area contributed by atoms with Crippen molar-refractivity contribution in [2.24, 2.45) is 0 Å². The van der Waals surface area contributed by atoms with Crippen LogP contribution < -0.4 is 9.47 Å². The Morgan fingerprint density at radius 3 is 2.53 bits per heavy atom. The minimum Gasteiger partial charge on any atom is -0.493 e. The molecule has 1 saturated heterocycles. The van der Waals surface area contributed by atoms with Crippen LogP contribution in [-0.4, -0.2) is 29.1 Å². The molecule has 8 heteroatoms. The molecule has 1 aromatic heterocycles. The molecule has 3 aromatic rings. The minimum absolute atomic E-state index is 0.225. The van der Waals surface area contributed by atoms with Crippen molar-refractivity contribution >= 4 is 46.3 Å². The highest BCUT2D eigenvalue weighted by Crippen LogP contribution is 2.35. The van der Waals surface area contributed by atoms with Crippen LogP contribution in [0.25, 0.3) is 6.08 Å². The van der Waals surface area contributed by atoms with Gasteiger partial charge < -0.3 is 9.47 Å². The Hall–Kier alpha value is -3.36. The van der Waals surface area contributed by atoms with Crippen molar-refractivity contribution in [3.05, 3.63) is 86.5 Å². The van der Waals surface area contributed by atoms with Gasteiger partial charge in [-0.3, -0.25) is 14.5 Å². The first-order chi connectivity index (χ1) is 15.4. The van der Waals surface area contributed by atoms with E-state index in [1.165, 1.54) is 23.3 Å². The number of rotatable bonds is 6. The Morgan fingerprint density at radius 2 is 1.84 bits per heavy atom. The second kappa shape index (κ2) is 9.42. The minimum atomic E-state index is -0.469. The summed E-state index contributed by atoms with van der Waals surface area (Å²) in [5, 5.41) is 1.48. The first-order valence-corrected chi connectivity index (χ1v) is 11.4. The summed E-state index contributed by atoms with van der Waals surface area (Å²) in [6.45, 7) is 2.21. The second-order valence-electron chi connectivity index (χ2n) is 7.03. The van der Waals surface area contributed by atoms with Crippen LogP contribution in [0.15, 0.2) is 64.9 Å². The smallest absolute Gasteiger partial charge is 0.353 e. The maximum atomic E-state index is 12.8. The molecule has 32 heavy (non-hydrogen) atoms. The number of ether oxygens (including phenoxy) is 2. The lowest BCUT2D eigenvalue weighted by molar-refractivity contribution is -0.123. The van der Waals surface area contributed by atoms with E-state index in [1.54, 1.807) is 41.8 Å². The number of methoxy groups -OCH3 is 1. The van der Waals surface area contributed by atoms with Gasteiger partial charge in [0.2, 0.25) is 0 Å². The van der Waals surface area contributed by atoms with E-state index < -0.39 is 5.97 Å². The molecule has 0 N–H and O–H groups in total. The lowest BCUT2D eigenvalue weighted by atomic mass is 10.1. The number of hydrogen-bond donors (Lipinski definition) is 0. The van der Waals surface area contributed by atoms with Gasteiger partial charge in [0, 0.05) is 0 Å². The quantitative estimate of drug-likeness (QED) is 0.271. The molecule has 0 unspecified atom stereocenters. The molecule has 0 saturated carbocycles. The van der Waals surface area contributed by atoms with E-state index >= 15 is 0 Å². The maximum absolute atomic E-state index is 12.8. The van der Waals surface area contributed by atoms with Gasteiger partial charge in [0.25, 0.3) is 11.1 Å². The third-order valence-electron chi connectivity index (χ3n) is 4.75. The summed E-state index contributed by atoms with van der Waals surface area (Å²) in [5.74, 6) is -0.186. The van der Waals surface area contributed by atoms with E-state index in [2.05, 4.69) is 0 Å². The molecule has 0 bridgehead atoms. The number of carbonyl (C=O) groups excluding carboxylic acids is 3. The van der Waals surface area contributed by atoms with Crippen LogP contribution in [0.3, 0.4) is 0 Å². The van der Waals surface area contributed by atoms with Crippen LogP contribution in [0.1, 0.15) is 26.4 Å². The van der Waals surface area contributed by atoms with Gasteiger partial charge in [-0.25, -0.2) is 4.79 Å². The molecular weight excluding hydrogens is 446 g/mol. The van der Waals surface area contributed by atoms with E-state index in [0.717, 1.165) is 22.9 Å². The monoisotopic (exact) mass is 465 g/mol. The maximum Gasteiger partial charge on any atom is 0.353 e. The highest BCUT2D eigenvalue weighted by Gasteiger charge is 2.35. The average Bonchev–Trinajstić information content (AvgIpc) is 3.41. The molecule has 1 aliphatic rings. The zero-order valence-electron chi connectivity index (χ0n) is 17.4. The third kappa shape index (κ3) is 4.76. The summed E-state index contributed by atoms with van der Waals surface area (Å²) in [4.78, 5) is 39.5. The Kier molecular flexibility index (Phi) is 6.43. The van der Waals surface area contributed by atoms with E-state index in [9.17, 15) is 14.4 Å². The molecule has 1 fully saturated rings. The summed E-state index contributed by atoms with van der Waals surface area (Å²) >= 11 is 2.19. The molecule has 1 aliphatic heterocycles. The highest BCUT2D eigenvalue weighted by molar-refractivity contribution is 8.18. The summed E-state index contributed by atoms with van der Waals surface area (Å²) in [7, 11) is 1.47. The second-order valence-corrected chi connectivity index (χ2v) is 8.97. The summed E-state index contributed by atoms with van der Waals surface area (Å²) in [5.41, 5.74) is 2.65. The topological polar surface area (TPSA) is 72.9 Å². The summed E-state index contributed by atoms with van der Waals surface area (Å²) in [6.07, 6.45) is 1.63. The van der Waals surface area contributed by atoms with Crippen molar-refractivity contribution in [1.82, 2.24) is 4.90 Å². The molecule has 2 heterocycles. The Morgan fingerprint density at radius 1 is 1.06 bits per heavy atom. The van der Waals surface area contributed by atoms with Crippen LogP contribution in [0.2, 0.25) is 0 Å². The molecular formula is C24H19NO5S2. The van der Waals surface area contributed by atoms with Crippen molar-refractivity contribution in [3.63, 3.8) is 0 Å². The Balaban J connectivity index is 1.51. The van der Waals surface area contributed by atoms with Gasteiger partial charge in [0.1, 0.15) is 4.88 Å². The number of thiophene rings is 1. The van der Waals surface area contributed by atoms with Gasteiger partial charge >= 0.3 is 5.97 Å². The van der Waals surface area contributed by atoms with Gasteiger partial charge in [-0.15, -0.1) is 11.3 Å². The number of thioether (sulfide) groups is 1. The Labute approximate surface area is 193 Å². The summed E-state index contributed by atoms with van der Waals surface area (Å²) in [6, 6.07) is 16.1. The number of hydrogen-bond acceptors (Lipinski definition) is 7. The third-order valence-corrected chi connectivity index (χ3v) is 6.50. The van der Waals surface area contributed by atoms with Gasteiger partial charge in [-0.1, -0.05) is 42.0 Å². The van der Waals surface area contributed by atoms with Gasteiger partial charge in [-0.05, 0) is 59.5 Å². The molecule has 0 aliphatic carbocycles. The van der Waals surface area contributed by atoms with Gasteiger partial charge in [0.05, 0.1) is 18.6 Å². The van der Waals surface area contributed by atoms with Crippen LogP contribution >= 0.6 is 23.1 Å². The number of esters is 1. The average molecular weight is 466 g/mol. The largest absolute Gasteiger partial charge is 0.493 e. The molecule has 0 spiro atoms. The SMILES string of the molecule is COc1cc(/C=C2\SC(=O)N(Cc3ccc(C)cc3)C2=O)ccc1OC(=O)c1cccs1. The zero-order valence-corrected chi connectivity index (χ0v) is 19.0. The van der Waals surface area contributed by atoms with E-state index in [-0.39, 0.29) is 23.4 Å². The fourth-order valence-corrected chi connectivity index (χ4v) is 4.50. The van der Waals surface area contributed by atoms with E-state index in [0.29, 0.717) is 21.1 Å². The van der Waals surface area contributed by atoms with Crippen molar-refractivity contribution < 1.29 is 23.9 Å². The Bertz CT molecular complexity index is 1200. The molecule has 2 aromatic carbocycles. The number of benzene rings is 2. The molecule has 0 radical (unpaired) electrons. The van der Waals surface area contributed by atoms with Crippen LogP contribution in [0.4, 0.5) is 4.79 Å². The van der Waals surface area contributed by atoms with Crippen molar-refractivity contribution in [2.75, 3.05) is 7.11 Å². The number of amides is 2. The summed E-state index contributed by atoms with van der Waals surface area (Å²) < 4.78 is 10.8. The number of imide groups is 1. The fraction of sp³-hybridized carbons (Fsp3) is 0.125. The van der Waals surface area contributed by atoms with Crippen molar-refractivity contribution in [1.29, 1.82) is 0 Å². The zero-order chi connectivity index (χ0) is 22.7. The lowest BCUT2D eigenvalue weighted by Gasteiger charge is -2.12. The molecule has 2 amide bonds. The number of aryl methyl sites for hydroxylation is 1. The molecule has 6 nitrogen and oxygen atoms in total. The van der Waals surface area contributed by atoms with Crippen LogP contribution in [0, 0.1) is 6.92 Å². The standard InChI is InChI=1S/C24H19NO5S2/c1-15-5-7-16(8-6-15)14-25-22(26)21(32-24(25)28)13-17-9-10-18(19(12-17)29-2)30-23(27)20-4-3-11-31-20/h3-13H,14H2,1-2H3/b21-13-. The molecule has 4 rings (SSSR count). The highest BCUT2D eigenvalue weighted by atomic mass is 32.2. The van der Waals surface area contributed by atoms with E-state index in [1.807, 2.05) is 31.2 Å². The van der Waals surface area contributed by atoms with E-state index in [4.69, 9.17) is 9.47 Å². The molecule has 0 atom stereocenters. The van der Waals surface area contributed by atoms with Crippen molar-refractivity contribution in [2.45, 2.75) is 13.5 Å². The first-order valence-electron chi connectivity index (χ1n) is 9.69. The predicted molar refractivity (Wildman–Crippen MR) is 125 cm³/mol. The van der Waals surface area contributed by atoms with Crippen LogP contribution in [-0.2, 0) is 11.3 Å². The normalized spacial score (nSPS) is 14.8. The fourth-order valence-electron chi connectivity index (χ4n) is 3.07.